The van der Waals surface area contributed by atoms with Gasteiger partial charge in [0.25, 0.3) is 5.56 Å². The largest absolute Gasteiger partial charge is 0.383 e. The Morgan fingerprint density at radius 2 is 2.04 bits per heavy atom. The number of thiocarbonyl (C=S) groups is 1. The molecule has 1 aromatic carbocycles. The molecule has 0 spiro atoms. The van der Waals surface area contributed by atoms with Crippen LogP contribution in [-0.4, -0.2) is 39.8 Å². The highest BCUT2D eigenvalue weighted by atomic mass is 32.2. The Morgan fingerprint density at radius 1 is 1.33 bits per heavy atom. The van der Waals surface area contributed by atoms with Crippen molar-refractivity contribution in [1.29, 1.82) is 0 Å². The second-order valence-electron chi connectivity index (χ2n) is 5.89. The predicted octanol–water partition coefficient (Wildman–Crippen LogP) is 1.62. The van der Waals surface area contributed by atoms with Gasteiger partial charge < -0.3 is 16.0 Å². The van der Waals surface area contributed by atoms with Gasteiger partial charge in [-0.25, -0.2) is 4.79 Å². The third-order valence-electron chi connectivity index (χ3n) is 4.03. The number of nitrogens with one attached hydrogen (secondary N) is 2. The summed E-state index contributed by atoms with van der Waals surface area (Å²) in [5.41, 5.74) is 6.25. The number of aromatic nitrogens is 2. The molecule has 27 heavy (non-hydrogen) atoms. The van der Waals surface area contributed by atoms with E-state index >= 15 is 0 Å². The molecular weight excluding hydrogens is 382 g/mol. The van der Waals surface area contributed by atoms with Crippen molar-refractivity contribution < 1.29 is 0 Å². The van der Waals surface area contributed by atoms with Crippen LogP contribution in [0.3, 0.4) is 0 Å². The van der Waals surface area contributed by atoms with Crippen molar-refractivity contribution in [3.8, 4) is 0 Å². The minimum absolute atomic E-state index is 0.0997. The van der Waals surface area contributed by atoms with E-state index in [0.29, 0.717) is 18.2 Å². The fourth-order valence-corrected chi connectivity index (χ4v) is 3.43. The molecule has 146 valence electrons. The second kappa shape index (κ2) is 10.2. The van der Waals surface area contributed by atoms with Gasteiger partial charge in [0.05, 0.1) is 6.54 Å². The molecule has 0 aliphatic carbocycles. The maximum absolute atomic E-state index is 12.5. The van der Waals surface area contributed by atoms with Crippen molar-refractivity contribution in [2.45, 2.75) is 19.9 Å². The van der Waals surface area contributed by atoms with Gasteiger partial charge in [-0.1, -0.05) is 30.3 Å². The maximum Gasteiger partial charge on any atom is 0.330 e. The van der Waals surface area contributed by atoms with E-state index in [0.717, 1.165) is 17.7 Å². The van der Waals surface area contributed by atoms with Crippen molar-refractivity contribution in [3.05, 3.63) is 56.7 Å². The molecule has 1 heterocycles. The van der Waals surface area contributed by atoms with E-state index in [2.05, 4.69) is 10.3 Å². The van der Waals surface area contributed by atoms with Gasteiger partial charge in [-0.05, 0) is 43.1 Å². The topological polar surface area (TPSA) is 96.2 Å². The van der Waals surface area contributed by atoms with Crippen LogP contribution in [0.5, 0.6) is 0 Å². The molecule has 2 rings (SSSR count). The summed E-state index contributed by atoms with van der Waals surface area (Å²) in [6.07, 6.45) is 3.01. The van der Waals surface area contributed by atoms with Crippen LogP contribution < -0.4 is 27.2 Å². The van der Waals surface area contributed by atoms with E-state index in [1.54, 1.807) is 16.7 Å². The van der Waals surface area contributed by atoms with Crippen LogP contribution in [0.15, 0.2) is 39.9 Å². The van der Waals surface area contributed by atoms with Crippen LogP contribution in [-0.2, 0) is 6.54 Å². The summed E-state index contributed by atoms with van der Waals surface area (Å²) < 4.78 is 1.35. The number of rotatable bonds is 8. The molecule has 2 aromatic rings. The first-order valence-electron chi connectivity index (χ1n) is 8.70. The van der Waals surface area contributed by atoms with Crippen molar-refractivity contribution >= 4 is 40.6 Å². The summed E-state index contributed by atoms with van der Waals surface area (Å²) in [7, 11) is 0. The highest BCUT2D eigenvalue weighted by Gasteiger charge is 2.20. The first kappa shape index (κ1) is 21.0. The lowest BCUT2D eigenvalue weighted by atomic mass is 10.2. The Balaban J connectivity index is 2.34. The summed E-state index contributed by atoms with van der Waals surface area (Å²) in [6, 6.07) is 9.45. The molecule has 0 bridgehead atoms. The fraction of sp³-hybridized carbons (Fsp3) is 0.389. The highest BCUT2D eigenvalue weighted by Crippen LogP contribution is 2.17. The van der Waals surface area contributed by atoms with Crippen molar-refractivity contribution in [1.82, 2.24) is 14.9 Å². The monoisotopic (exact) mass is 407 g/mol. The summed E-state index contributed by atoms with van der Waals surface area (Å²) in [6.45, 7) is 3.30. The number of nitrogens with two attached hydrogens (primary N) is 1. The Bertz CT molecular complexity index is 880. The Morgan fingerprint density at radius 3 is 2.67 bits per heavy atom. The molecule has 0 aliphatic heterocycles. The Hall–Kier alpha value is -2.26. The zero-order chi connectivity index (χ0) is 19.8. The van der Waals surface area contributed by atoms with Crippen LogP contribution >= 0.6 is 24.0 Å². The van der Waals surface area contributed by atoms with Crippen LogP contribution in [0, 0.1) is 0 Å². The summed E-state index contributed by atoms with van der Waals surface area (Å²) >= 11 is 7.21. The zero-order valence-corrected chi connectivity index (χ0v) is 17.2. The molecule has 0 unspecified atom stereocenters. The molecule has 0 saturated heterocycles. The number of hydrogen-bond acceptors (Lipinski definition) is 5. The lowest BCUT2D eigenvalue weighted by Crippen LogP contribution is -2.45. The molecule has 7 nitrogen and oxygen atoms in total. The van der Waals surface area contributed by atoms with E-state index in [4.69, 9.17) is 18.0 Å². The SMILES string of the molecule is CCN(C(=S)NCCCSC)c1c(N)n(Cc2ccccc2)c(=O)[nH]c1=O. The van der Waals surface area contributed by atoms with E-state index < -0.39 is 11.2 Å². The smallest absolute Gasteiger partial charge is 0.330 e. The number of H-pyrrole nitrogens is 1. The third kappa shape index (κ3) is 5.36. The number of hydrogen-bond donors (Lipinski definition) is 3. The summed E-state index contributed by atoms with van der Waals surface area (Å²) in [5.74, 6) is 1.12. The zero-order valence-electron chi connectivity index (χ0n) is 15.5. The van der Waals surface area contributed by atoms with Crippen molar-refractivity contribution in [2.75, 3.05) is 35.7 Å². The number of anilines is 2. The molecule has 1 aromatic heterocycles. The molecule has 0 radical (unpaired) electrons. The van der Waals surface area contributed by atoms with Gasteiger partial charge in [-0.3, -0.25) is 14.3 Å². The standard InChI is InChI=1S/C18H25N5O2S2/c1-3-22(18(26)20-10-7-11-27-2)14-15(19)23(17(25)21-16(14)24)12-13-8-5-4-6-9-13/h4-6,8-9H,3,7,10-12,19H2,1-2H3,(H,20,26)(H,21,24,25). The van der Waals surface area contributed by atoms with Crippen LogP contribution in [0.4, 0.5) is 11.5 Å². The molecule has 0 saturated carbocycles. The average molecular weight is 408 g/mol. The van der Waals surface area contributed by atoms with Gasteiger partial charge in [-0.15, -0.1) is 0 Å². The molecule has 0 aliphatic rings. The van der Waals surface area contributed by atoms with E-state index in [1.165, 1.54) is 4.57 Å². The Kier molecular flexibility index (Phi) is 7.93. The van der Waals surface area contributed by atoms with Gasteiger partial charge in [0.15, 0.2) is 10.8 Å². The van der Waals surface area contributed by atoms with Gasteiger partial charge >= 0.3 is 5.69 Å². The van der Waals surface area contributed by atoms with Crippen molar-refractivity contribution in [2.24, 2.45) is 0 Å². The average Bonchev–Trinajstić information content (AvgIpc) is 2.66. The molecule has 0 atom stereocenters. The number of aromatic amines is 1. The van der Waals surface area contributed by atoms with E-state index in [1.807, 2.05) is 43.5 Å². The van der Waals surface area contributed by atoms with E-state index in [9.17, 15) is 9.59 Å². The first-order valence-corrected chi connectivity index (χ1v) is 10.5. The highest BCUT2D eigenvalue weighted by molar-refractivity contribution is 7.98. The van der Waals surface area contributed by atoms with Gasteiger partial charge in [0.1, 0.15) is 5.82 Å². The Labute approximate surface area is 168 Å². The molecular formula is C18H25N5O2S2. The number of nitrogens with zero attached hydrogens (tertiary/aromatic N) is 2. The molecule has 0 fully saturated rings. The van der Waals surface area contributed by atoms with Crippen LogP contribution in [0.25, 0.3) is 0 Å². The van der Waals surface area contributed by atoms with Gasteiger partial charge in [0.2, 0.25) is 0 Å². The minimum atomic E-state index is -0.545. The van der Waals surface area contributed by atoms with Gasteiger partial charge in [-0.2, -0.15) is 11.8 Å². The number of benzene rings is 1. The summed E-state index contributed by atoms with van der Waals surface area (Å²) in [4.78, 5) is 28.7. The molecule has 9 heteroatoms. The third-order valence-corrected chi connectivity index (χ3v) is 5.09. The van der Waals surface area contributed by atoms with Gasteiger partial charge in [0, 0.05) is 13.1 Å². The van der Waals surface area contributed by atoms with Crippen LogP contribution in [0.2, 0.25) is 0 Å². The maximum atomic E-state index is 12.5. The lowest BCUT2D eigenvalue weighted by Gasteiger charge is -2.25. The summed E-state index contributed by atoms with van der Waals surface area (Å²) in [5, 5.41) is 3.57. The lowest BCUT2D eigenvalue weighted by molar-refractivity contribution is 0.729. The number of nitrogen functional groups attached to an aromatic ring is 1. The number of thioether (sulfide) groups is 1. The normalized spacial score (nSPS) is 10.6. The van der Waals surface area contributed by atoms with Crippen LogP contribution in [0.1, 0.15) is 18.9 Å². The minimum Gasteiger partial charge on any atom is -0.383 e. The molecule has 4 N–H and O–H groups in total. The van der Waals surface area contributed by atoms with Crippen molar-refractivity contribution in [3.63, 3.8) is 0 Å². The first-order chi connectivity index (χ1) is 13.0. The second-order valence-corrected chi connectivity index (χ2v) is 7.26. The predicted molar refractivity (Wildman–Crippen MR) is 118 cm³/mol. The molecule has 0 amide bonds. The van der Waals surface area contributed by atoms with E-state index in [-0.39, 0.29) is 18.1 Å². The fourth-order valence-electron chi connectivity index (χ4n) is 2.67. The quantitative estimate of drug-likeness (QED) is 0.452.